The molecule has 3 atom stereocenters. The van der Waals surface area contributed by atoms with E-state index in [-0.39, 0.29) is 11.7 Å². The van der Waals surface area contributed by atoms with Gasteiger partial charge in [-0.15, -0.1) is 0 Å². The summed E-state index contributed by atoms with van der Waals surface area (Å²) in [4.78, 5) is 0. The molecular formula is C27H52O3Si2. The van der Waals surface area contributed by atoms with Crippen molar-refractivity contribution in [3.63, 3.8) is 0 Å². The van der Waals surface area contributed by atoms with E-state index in [4.69, 9.17) is 13.6 Å². The lowest BCUT2D eigenvalue weighted by molar-refractivity contribution is -0.0974. The number of rotatable bonds is 12. The van der Waals surface area contributed by atoms with Crippen LogP contribution in [0.5, 0.6) is 0 Å². The minimum absolute atomic E-state index is 0.155. The fourth-order valence-corrected chi connectivity index (χ4v) is 5.76. The summed E-state index contributed by atoms with van der Waals surface area (Å²) in [6.07, 6.45) is 11.1. The van der Waals surface area contributed by atoms with Gasteiger partial charge in [-0.2, -0.15) is 0 Å². The minimum Gasteiger partial charge on any atom is -0.414 e. The van der Waals surface area contributed by atoms with Gasteiger partial charge in [-0.1, -0.05) is 36.8 Å². The Kier molecular flexibility index (Phi) is 11.9. The summed E-state index contributed by atoms with van der Waals surface area (Å²) >= 11 is 0. The van der Waals surface area contributed by atoms with E-state index < -0.39 is 16.6 Å². The predicted octanol–water partition coefficient (Wildman–Crippen LogP) is 8.27. The summed E-state index contributed by atoms with van der Waals surface area (Å²) in [5.41, 5.74) is 3.82. The van der Waals surface area contributed by atoms with Crippen LogP contribution < -0.4 is 0 Å². The quantitative estimate of drug-likeness (QED) is 0.208. The largest absolute Gasteiger partial charge is 0.414 e. The van der Waals surface area contributed by atoms with Crippen LogP contribution in [0.1, 0.15) is 66.2 Å². The van der Waals surface area contributed by atoms with E-state index in [1.54, 1.807) is 0 Å². The van der Waals surface area contributed by atoms with Crippen LogP contribution in [0, 0.1) is 5.92 Å². The molecule has 0 amide bonds. The average molecular weight is 481 g/mol. The molecule has 1 fully saturated rings. The van der Waals surface area contributed by atoms with Crippen LogP contribution in [0.15, 0.2) is 35.5 Å². The van der Waals surface area contributed by atoms with Crippen molar-refractivity contribution in [3.05, 3.63) is 35.5 Å². The van der Waals surface area contributed by atoms with Crippen LogP contribution in [-0.4, -0.2) is 41.6 Å². The molecule has 0 aromatic heterocycles. The first kappa shape index (κ1) is 29.6. The molecule has 0 saturated carbocycles. The molecule has 0 aromatic carbocycles. The Balaban J connectivity index is 2.79. The molecule has 186 valence electrons. The molecule has 1 aliphatic rings. The maximum Gasteiger partial charge on any atom is 0.184 e. The van der Waals surface area contributed by atoms with E-state index >= 15 is 0 Å². The van der Waals surface area contributed by atoms with Gasteiger partial charge < -0.3 is 13.6 Å². The third-order valence-corrected chi connectivity index (χ3v) is 8.18. The van der Waals surface area contributed by atoms with E-state index in [0.29, 0.717) is 19.1 Å². The van der Waals surface area contributed by atoms with Crippen molar-refractivity contribution < 1.29 is 13.6 Å². The van der Waals surface area contributed by atoms with Crippen LogP contribution in [0.3, 0.4) is 0 Å². The van der Waals surface area contributed by atoms with Gasteiger partial charge in [0.15, 0.2) is 16.6 Å². The lowest BCUT2D eigenvalue weighted by Crippen LogP contribution is -2.47. The second-order valence-electron chi connectivity index (χ2n) is 12.1. The molecule has 3 nitrogen and oxygen atoms in total. The second kappa shape index (κ2) is 12.8. The normalized spacial score (nSPS) is 24.8. The first-order chi connectivity index (χ1) is 14.6. The fraction of sp³-hybridized carbons (Fsp3) is 0.778. The SMILES string of the molecule is C=C(CC=C(C)C)C(C)CCC[C@]1(C)OC/C(=C/CO[Si](C)(C)C)CC[C@H]1O[Si](C)(C)C. The first-order valence-corrected chi connectivity index (χ1v) is 19.4. The third-order valence-electron chi connectivity index (χ3n) is 6.16. The Morgan fingerprint density at radius 1 is 1.19 bits per heavy atom. The monoisotopic (exact) mass is 480 g/mol. The zero-order valence-electron chi connectivity index (χ0n) is 22.9. The Bertz CT molecular complexity index is 651. The van der Waals surface area contributed by atoms with Gasteiger partial charge in [0.1, 0.15) is 0 Å². The molecule has 0 N–H and O–H groups in total. The summed E-state index contributed by atoms with van der Waals surface area (Å²) in [6, 6.07) is 0. The van der Waals surface area contributed by atoms with Gasteiger partial charge in [-0.05, 0) is 110 Å². The molecule has 1 saturated heterocycles. The molecule has 1 unspecified atom stereocenters. The van der Waals surface area contributed by atoms with Gasteiger partial charge in [0.25, 0.3) is 0 Å². The van der Waals surface area contributed by atoms with Crippen LogP contribution >= 0.6 is 0 Å². The lowest BCUT2D eigenvalue weighted by atomic mass is 9.86. The highest BCUT2D eigenvalue weighted by molar-refractivity contribution is 6.70. The summed E-state index contributed by atoms with van der Waals surface area (Å²) in [5, 5.41) is 0. The van der Waals surface area contributed by atoms with Crippen LogP contribution in [-0.2, 0) is 13.6 Å². The summed E-state index contributed by atoms with van der Waals surface area (Å²) in [5.74, 6) is 0.533. The molecule has 1 rings (SSSR count). The molecular weight excluding hydrogens is 428 g/mol. The van der Waals surface area contributed by atoms with Crippen molar-refractivity contribution in [2.75, 3.05) is 13.2 Å². The number of hydrogen-bond donors (Lipinski definition) is 0. The van der Waals surface area contributed by atoms with E-state index in [1.807, 2.05) is 0 Å². The van der Waals surface area contributed by atoms with E-state index in [1.165, 1.54) is 16.7 Å². The van der Waals surface area contributed by atoms with Gasteiger partial charge in [0.05, 0.1) is 24.9 Å². The summed E-state index contributed by atoms with van der Waals surface area (Å²) in [7, 11) is -3.16. The average Bonchev–Trinajstić information content (AvgIpc) is 2.78. The van der Waals surface area contributed by atoms with Gasteiger partial charge in [-0.25, -0.2) is 0 Å². The van der Waals surface area contributed by atoms with Crippen molar-refractivity contribution in [1.29, 1.82) is 0 Å². The predicted molar refractivity (Wildman–Crippen MR) is 145 cm³/mol. The third kappa shape index (κ3) is 12.1. The van der Waals surface area contributed by atoms with Crippen LogP contribution in [0.4, 0.5) is 0 Å². The lowest BCUT2D eigenvalue weighted by Gasteiger charge is -2.39. The first-order valence-electron chi connectivity index (χ1n) is 12.6. The van der Waals surface area contributed by atoms with E-state index in [9.17, 15) is 0 Å². The van der Waals surface area contributed by atoms with Gasteiger partial charge in [-0.3, -0.25) is 0 Å². The highest BCUT2D eigenvalue weighted by Crippen LogP contribution is 2.35. The highest BCUT2D eigenvalue weighted by atomic mass is 28.4. The van der Waals surface area contributed by atoms with Gasteiger partial charge >= 0.3 is 0 Å². The van der Waals surface area contributed by atoms with Crippen molar-refractivity contribution >= 4 is 16.6 Å². The second-order valence-corrected chi connectivity index (χ2v) is 21.1. The molecule has 1 aliphatic heterocycles. The van der Waals surface area contributed by atoms with Gasteiger partial charge in [0.2, 0.25) is 0 Å². The van der Waals surface area contributed by atoms with Crippen LogP contribution in [0.25, 0.3) is 0 Å². The van der Waals surface area contributed by atoms with Crippen molar-refractivity contribution in [2.24, 2.45) is 5.92 Å². The fourth-order valence-electron chi connectivity index (χ4n) is 3.96. The van der Waals surface area contributed by atoms with Crippen molar-refractivity contribution in [1.82, 2.24) is 0 Å². The van der Waals surface area contributed by atoms with Crippen molar-refractivity contribution in [2.45, 2.75) is 117 Å². The molecule has 0 aromatic rings. The molecule has 5 heteroatoms. The Labute approximate surface area is 202 Å². The Hall–Kier alpha value is -0.466. The van der Waals surface area contributed by atoms with Gasteiger partial charge in [0, 0.05) is 0 Å². The molecule has 0 radical (unpaired) electrons. The molecule has 0 aliphatic carbocycles. The zero-order chi connectivity index (χ0) is 24.6. The van der Waals surface area contributed by atoms with Crippen LogP contribution in [0.2, 0.25) is 39.3 Å². The number of hydrogen-bond acceptors (Lipinski definition) is 3. The number of ether oxygens (including phenoxy) is 1. The zero-order valence-corrected chi connectivity index (χ0v) is 24.9. The number of allylic oxidation sites excluding steroid dienone is 3. The maximum atomic E-state index is 6.69. The Morgan fingerprint density at radius 3 is 2.41 bits per heavy atom. The van der Waals surface area contributed by atoms with E-state index in [2.05, 4.69) is 85.7 Å². The Morgan fingerprint density at radius 2 is 1.84 bits per heavy atom. The highest BCUT2D eigenvalue weighted by Gasteiger charge is 2.40. The minimum atomic E-state index is -1.67. The summed E-state index contributed by atoms with van der Waals surface area (Å²) < 4.78 is 19.4. The van der Waals surface area contributed by atoms with Crippen molar-refractivity contribution in [3.8, 4) is 0 Å². The smallest absolute Gasteiger partial charge is 0.184 e. The molecule has 0 bridgehead atoms. The standard InChI is InChI=1S/C27H52O3Si2/c1-22(2)14-15-24(4)23(3)13-12-19-27(5)26(30-32(9,10)11)17-16-25(21-28-27)18-20-29-31(6,7)8/h14,18,23,26H,4,12-13,15-17,19-21H2,1-3,5-11H3/b25-18+/t23?,26-,27+/m1/s1. The van der Waals surface area contributed by atoms with E-state index in [0.717, 1.165) is 38.5 Å². The molecule has 32 heavy (non-hydrogen) atoms. The molecule has 0 spiro atoms. The molecule has 1 heterocycles. The maximum absolute atomic E-state index is 6.69. The topological polar surface area (TPSA) is 27.7 Å². The summed E-state index contributed by atoms with van der Waals surface area (Å²) in [6.45, 7) is 28.2.